The molecule has 0 spiro atoms. The first-order chi connectivity index (χ1) is 11.0. The van der Waals surface area contributed by atoms with E-state index < -0.39 is 0 Å². The predicted octanol–water partition coefficient (Wildman–Crippen LogP) is 5.43. The molecule has 2 aromatic rings. The molecule has 1 N–H and O–H groups in total. The fourth-order valence-electron chi connectivity index (χ4n) is 2.48. The second-order valence-electron chi connectivity index (χ2n) is 5.50. The molecule has 0 heterocycles. The molecule has 2 rings (SSSR count). The summed E-state index contributed by atoms with van der Waals surface area (Å²) in [6, 6.07) is 11.9. The molecule has 0 radical (unpaired) electrons. The van der Waals surface area contributed by atoms with E-state index in [9.17, 15) is 4.79 Å². The molecular formula is C20H22ClNO. The van der Waals surface area contributed by atoms with Crippen LogP contribution >= 0.6 is 11.6 Å². The Morgan fingerprint density at radius 3 is 2.39 bits per heavy atom. The van der Waals surface area contributed by atoms with E-state index >= 15 is 0 Å². The van der Waals surface area contributed by atoms with Crippen LogP contribution < -0.4 is 5.32 Å². The molecule has 0 fully saturated rings. The summed E-state index contributed by atoms with van der Waals surface area (Å²) in [6.45, 7) is 6.15. The number of amides is 1. The van der Waals surface area contributed by atoms with Gasteiger partial charge in [0.05, 0.1) is 0 Å². The maximum Gasteiger partial charge on any atom is 0.248 e. The third-order valence-electron chi connectivity index (χ3n) is 3.83. The van der Waals surface area contributed by atoms with E-state index in [1.54, 1.807) is 6.08 Å². The van der Waals surface area contributed by atoms with Crippen molar-refractivity contribution in [2.24, 2.45) is 0 Å². The maximum absolute atomic E-state index is 12.3. The van der Waals surface area contributed by atoms with Crippen molar-refractivity contribution >= 4 is 29.3 Å². The van der Waals surface area contributed by atoms with Crippen molar-refractivity contribution in [3.05, 3.63) is 69.8 Å². The number of carbonyl (C=O) groups excluding carboxylic acids is 1. The molecule has 0 unspecified atom stereocenters. The van der Waals surface area contributed by atoms with Crippen LogP contribution in [-0.4, -0.2) is 5.91 Å². The number of rotatable bonds is 5. The van der Waals surface area contributed by atoms with Crippen LogP contribution in [0.5, 0.6) is 0 Å². The zero-order chi connectivity index (χ0) is 16.8. The van der Waals surface area contributed by atoms with Gasteiger partial charge in [-0.1, -0.05) is 61.3 Å². The molecule has 2 aromatic carbocycles. The van der Waals surface area contributed by atoms with Gasteiger partial charge in [-0.25, -0.2) is 0 Å². The summed E-state index contributed by atoms with van der Waals surface area (Å²) < 4.78 is 0. The van der Waals surface area contributed by atoms with E-state index in [0.717, 1.165) is 35.2 Å². The normalized spacial score (nSPS) is 11.0. The lowest BCUT2D eigenvalue weighted by molar-refractivity contribution is -0.111. The van der Waals surface area contributed by atoms with E-state index in [-0.39, 0.29) is 5.91 Å². The van der Waals surface area contributed by atoms with Gasteiger partial charge in [0.25, 0.3) is 0 Å². The van der Waals surface area contributed by atoms with Crippen LogP contribution in [0, 0.1) is 6.92 Å². The first kappa shape index (κ1) is 17.3. The van der Waals surface area contributed by atoms with Crippen molar-refractivity contribution in [2.75, 3.05) is 5.32 Å². The summed E-state index contributed by atoms with van der Waals surface area (Å²) in [5.74, 6) is -0.141. The fourth-order valence-corrected chi connectivity index (χ4v) is 2.77. The van der Waals surface area contributed by atoms with Crippen LogP contribution in [0.25, 0.3) is 6.08 Å². The highest BCUT2D eigenvalue weighted by atomic mass is 35.5. The molecule has 0 saturated heterocycles. The molecule has 0 aliphatic carbocycles. The fraction of sp³-hybridized carbons (Fsp3) is 0.250. The SMILES string of the molecule is CCc1ccc(Cl)c(CC)c1NC(=O)/C=C/c1ccc(C)cc1. The highest BCUT2D eigenvalue weighted by Gasteiger charge is 2.11. The molecule has 0 aliphatic rings. The first-order valence-electron chi connectivity index (χ1n) is 7.91. The Balaban J connectivity index is 2.19. The Hall–Kier alpha value is -2.06. The van der Waals surface area contributed by atoms with Gasteiger partial charge < -0.3 is 5.32 Å². The molecule has 0 bridgehead atoms. The molecule has 120 valence electrons. The smallest absolute Gasteiger partial charge is 0.248 e. The number of hydrogen-bond donors (Lipinski definition) is 1. The van der Waals surface area contributed by atoms with Crippen molar-refractivity contribution in [3.63, 3.8) is 0 Å². The van der Waals surface area contributed by atoms with Crippen molar-refractivity contribution < 1.29 is 4.79 Å². The highest BCUT2D eigenvalue weighted by Crippen LogP contribution is 2.29. The Morgan fingerprint density at radius 2 is 1.78 bits per heavy atom. The second kappa shape index (κ2) is 7.98. The Kier molecular flexibility index (Phi) is 6.00. The monoisotopic (exact) mass is 327 g/mol. The van der Waals surface area contributed by atoms with Crippen molar-refractivity contribution in [3.8, 4) is 0 Å². The summed E-state index contributed by atoms with van der Waals surface area (Å²) in [4.78, 5) is 12.3. The van der Waals surface area contributed by atoms with Crippen LogP contribution in [-0.2, 0) is 17.6 Å². The molecule has 0 saturated carbocycles. The van der Waals surface area contributed by atoms with E-state index in [2.05, 4.69) is 12.2 Å². The van der Waals surface area contributed by atoms with Gasteiger partial charge in [-0.05, 0) is 48.6 Å². The van der Waals surface area contributed by atoms with Gasteiger partial charge in [0, 0.05) is 16.8 Å². The Bertz CT molecular complexity index is 717. The van der Waals surface area contributed by atoms with Crippen LogP contribution in [0.15, 0.2) is 42.5 Å². The number of carbonyl (C=O) groups is 1. The third kappa shape index (κ3) is 4.46. The second-order valence-corrected chi connectivity index (χ2v) is 5.91. The molecule has 2 nitrogen and oxygen atoms in total. The minimum Gasteiger partial charge on any atom is -0.322 e. The quantitative estimate of drug-likeness (QED) is 0.729. The number of benzene rings is 2. The van der Waals surface area contributed by atoms with Crippen LogP contribution in [0.2, 0.25) is 5.02 Å². The molecule has 1 amide bonds. The summed E-state index contributed by atoms with van der Waals surface area (Å²) in [6.07, 6.45) is 5.01. The summed E-state index contributed by atoms with van der Waals surface area (Å²) >= 11 is 6.26. The number of halogens is 1. The number of hydrogen-bond acceptors (Lipinski definition) is 1. The van der Waals surface area contributed by atoms with Gasteiger partial charge in [0.1, 0.15) is 0 Å². The van der Waals surface area contributed by atoms with Gasteiger partial charge in [-0.3, -0.25) is 4.79 Å². The van der Waals surface area contributed by atoms with Crippen LogP contribution in [0.4, 0.5) is 5.69 Å². The number of nitrogens with one attached hydrogen (secondary N) is 1. The summed E-state index contributed by atoms with van der Waals surface area (Å²) in [7, 11) is 0. The van der Waals surface area contributed by atoms with E-state index in [1.165, 1.54) is 5.56 Å². The lowest BCUT2D eigenvalue weighted by atomic mass is 10.0. The minimum atomic E-state index is -0.141. The molecule has 0 aromatic heterocycles. The maximum atomic E-state index is 12.3. The summed E-state index contributed by atoms with van der Waals surface area (Å²) in [5.41, 5.74) is 5.14. The van der Waals surface area contributed by atoms with Crippen LogP contribution in [0.3, 0.4) is 0 Å². The lowest BCUT2D eigenvalue weighted by Crippen LogP contribution is -2.12. The molecular weight excluding hydrogens is 306 g/mol. The van der Waals surface area contributed by atoms with Gasteiger partial charge in [0.15, 0.2) is 0 Å². The minimum absolute atomic E-state index is 0.141. The third-order valence-corrected chi connectivity index (χ3v) is 4.18. The summed E-state index contributed by atoms with van der Waals surface area (Å²) in [5, 5.41) is 3.69. The zero-order valence-corrected chi connectivity index (χ0v) is 14.6. The molecule has 0 atom stereocenters. The Morgan fingerprint density at radius 1 is 1.09 bits per heavy atom. The van der Waals surface area contributed by atoms with Crippen molar-refractivity contribution in [1.29, 1.82) is 0 Å². The average Bonchev–Trinajstić information content (AvgIpc) is 2.55. The van der Waals surface area contributed by atoms with Gasteiger partial charge in [0.2, 0.25) is 5.91 Å². The topological polar surface area (TPSA) is 29.1 Å². The standard InChI is InChI=1S/C20H22ClNO/c1-4-16-11-12-18(21)17(5-2)20(16)22-19(23)13-10-15-8-6-14(3)7-9-15/h6-13H,4-5H2,1-3H3,(H,22,23)/b13-10+. The molecule has 3 heteroatoms. The Labute approximate surface area is 143 Å². The zero-order valence-electron chi connectivity index (χ0n) is 13.8. The van der Waals surface area contributed by atoms with E-state index in [4.69, 9.17) is 11.6 Å². The average molecular weight is 328 g/mol. The first-order valence-corrected chi connectivity index (χ1v) is 8.29. The van der Waals surface area contributed by atoms with Gasteiger partial charge in [-0.15, -0.1) is 0 Å². The van der Waals surface area contributed by atoms with Gasteiger partial charge >= 0.3 is 0 Å². The number of aryl methyl sites for hydroxylation is 2. The lowest BCUT2D eigenvalue weighted by Gasteiger charge is -2.15. The van der Waals surface area contributed by atoms with Crippen LogP contribution in [0.1, 0.15) is 36.1 Å². The molecule has 0 aliphatic heterocycles. The van der Waals surface area contributed by atoms with Crippen molar-refractivity contribution in [2.45, 2.75) is 33.6 Å². The van der Waals surface area contributed by atoms with E-state index in [0.29, 0.717) is 5.02 Å². The highest BCUT2D eigenvalue weighted by molar-refractivity contribution is 6.32. The van der Waals surface area contributed by atoms with E-state index in [1.807, 2.05) is 56.3 Å². The van der Waals surface area contributed by atoms with Gasteiger partial charge in [-0.2, -0.15) is 0 Å². The molecule has 23 heavy (non-hydrogen) atoms. The van der Waals surface area contributed by atoms with Crippen molar-refractivity contribution in [1.82, 2.24) is 0 Å². The predicted molar refractivity (Wildman–Crippen MR) is 99.1 cm³/mol. The number of anilines is 1. The largest absolute Gasteiger partial charge is 0.322 e.